The molecule has 1 spiro atoms. The van der Waals surface area contributed by atoms with Gasteiger partial charge in [-0.15, -0.1) is 11.3 Å². The Hall–Kier alpha value is -4.08. The van der Waals surface area contributed by atoms with Gasteiger partial charge in [0.1, 0.15) is 34.5 Å². The number of halogens is 2. The number of hydrogen-bond acceptors (Lipinski definition) is 8. The lowest BCUT2D eigenvalue weighted by atomic mass is 9.86. The molecule has 2 saturated heterocycles. The Kier molecular flexibility index (Phi) is 6.79. The van der Waals surface area contributed by atoms with Crippen molar-refractivity contribution in [2.75, 3.05) is 38.2 Å². The Bertz CT molecular complexity index is 1790. The maximum Gasteiger partial charge on any atom is 0.243 e. The summed E-state index contributed by atoms with van der Waals surface area (Å²) in [6, 6.07) is 10.3. The Morgan fingerprint density at radius 3 is 2.81 bits per heavy atom. The van der Waals surface area contributed by atoms with Crippen LogP contribution in [-0.4, -0.2) is 69.3 Å². The van der Waals surface area contributed by atoms with E-state index < -0.39 is 6.43 Å². The molecule has 1 aromatic carbocycles. The highest BCUT2D eigenvalue weighted by molar-refractivity contribution is 7.18. The number of nitrogens with zero attached hydrogens (tertiary/aromatic N) is 7. The monoisotopic (exact) mass is 588 g/mol. The summed E-state index contributed by atoms with van der Waals surface area (Å²) in [5.41, 5.74) is 3.80. The van der Waals surface area contributed by atoms with E-state index in [1.165, 1.54) is 11.3 Å². The van der Waals surface area contributed by atoms with Crippen LogP contribution in [0, 0.1) is 16.7 Å². The van der Waals surface area contributed by atoms with Gasteiger partial charge >= 0.3 is 0 Å². The SMILES string of the molecule is COc1cc2c(cc1CN1CCC3(CCN(c4ncnc5sc(CC(F)F)cc45)C3)C1)cc(C#N)n2Cc1cn[nH]c1. The summed E-state index contributed by atoms with van der Waals surface area (Å²) in [5, 5.41) is 18.6. The fraction of sp³-hybridized carbons (Fsp3) is 0.400. The standard InChI is InChI=1S/C30H30F2N8OS/c1-41-26-10-25-20(7-22(11-33)40(25)14-19-12-36-37-13-19)6-21(26)15-38-4-2-30(16-38)3-5-39(17-30)28-24-8-23(9-27(31)32)42-29(24)35-18-34-28/h6-8,10,12-13,18,27H,2-5,9,14-17H2,1H3,(H,36,37). The predicted octanol–water partition coefficient (Wildman–Crippen LogP) is 5.21. The summed E-state index contributed by atoms with van der Waals surface area (Å²) in [6.07, 6.45) is 4.68. The molecule has 2 fully saturated rings. The van der Waals surface area contributed by atoms with Gasteiger partial charge < -0.3 is 14.2 Å². The van der Waals surface area contributed by atoms with Crippen LogP contribution in [0.5, 0.6) is 5.75 Å². The first kappa shape index (κ1) is 26.8. The molecule has 4 aromatic heterocycles. The number of nitriles is 1. The second-order valence-electron chi connectivity index (χ2n) is 11.4. The van der Waals surface area contributed by atoms with Crippen LogP contribution in [0.4, 0.5) is 14.6 Å². The van der Waals surface area contributed by atoms with Crippen LogP contribution in [0.1, 0.15) is 34.5 Å². The highest BCUT2D eigenvalue weighted by Crippen LogP contribution is 2.43. The van der Waals surface area contributed by atoms with Crippen molar-refractivity contribution in [1.82, 2.24) is 29.6 Å². The lowest BCUT2D eigenvalue weighted by Gasteiger charge is -2.25. The molecule has 2 aliphatic rings. The number of hydrogen-bond donors (Lipinski definition) is 1. The first-order valence-corrected chi connectivity index (χ1v) is 14.8. The minimum Gasteiger partial charge on any atom is -0.496 e. The summed E-state index contributed by atoms with van der Waals surface area (Å²) in [4.78, 5) is 15.2. The van der Waals surface area contributed by atoms with Crippen LogP contribution in [0.3, 0.4) is 0 Å². The summed E-state index contributed by atoms with van der Waals surface area (Å²) < 4.78 is 33.9. The van der Waals surface area contributed by atoms with E-state index in [0.29, 0.717) is 17.1 Å². The van der Waals surface area contributed by atoms with Gasteiger partial charge in [-0.1, -0.05) is 0 Å². The molecule has 216 valence electrons. The molecule has 2 aliphatic heterocycles. The molecule has 0 radical (unpaired) electrons. The number of ether oxygens (including phenoxy) is 1. The molecule has 12 heteroatoms. The Morgan fingerprint density at radius 1 is 1.14 bits per heavy atom. The molecule has 5 aromatic rings. The van der Waals surface area contributed by atoms with Crippen LogP contribution in [0.15, 0.2) is 43.0 Å². The zero-order valence-electron chi connectivity index (χ0n) is 23.2. The van der Waals surface area contributed by atoms with Gasteiger partial charge in [-0.05, 0) is 37.6 Å². The molecule has 9 nitrogen and oxygen atoms in total. The number of likely N-dealkylation sites (tertiary alicyclic amines) is 1. The van der Waals surface area contributed by atoms with Crippen molar-refractivity contribution in [3.8, 4) is 11.8 Å². The molecule has 7 rings (SSSR count). The van der Waals surface area contributed by atoms with Gasteiger partial charge in [0.15, 0.2) is 0 Å². The zero-order valence-corrected chi connectivity index (χ0v) is 24.0. The normalized spacial score (nSPS) is 19.2. The predicted molar refractivity (Wildman–Crippen MR) is 157 cm³/mol. The number of alkyl halides is 2. The third-order valence-electron chi connectivity index (χ3n) is 8.68. The molecule has 1 N–H and O–H groups in total. The minimum atomic E-state index is -2.37. The smallest absolute Gasteiger partial charge is 0.243 e. The fourth-order valence-electron chi connectivity index (χ4n) is 6.71. The molecule has 0 amide bonds. The summed E-state index contributed by atoms with van der Waals surface area (Å²) in [5.74, 6) is 1.67. The Balaban J connectivity index is 1.09. The van der Waals surface area contributed by atoms with E-state index in [0.717, 1.165) is 89.4 Å². The summed E-state index contributed by atoms with van der Waals surface area (Å²) in [6.45, 7) is 5.02. The molecule has 0 bridgehead atoms. The molecular weight excluding hydrogens is 558 g/mol. The van der Waals surface area contributed by atoms with Gasteiger partial charge in [0.25, 0.3) is 0 Å². The van der Waals surface area contributed by atoms with E-state index in [1.54, 1.807) is 19.6 Å². The molecule has 0 saturated carbocycles. The minimum absolute atomic E-state index is 0.151. The molecule has 1 unspecified atom stereocenters. The molecule has 1 atom stereocenters. The van der Waals surface area contributed by atoms with Gasteiger partial charge in [-0.2, -0.15) is 10.4 Å². The third kappa shape index (κ3) is 4.86. The van der Waals surface area contributed by atoms with Crippen molar-refractivity contribution in [3.63, 3.8) is 0 Å². The number of aromatic amines is 1. The van der Waals surface area contributed by atoms with Crippen molar-refractivity contribution < 1.29 is 13.5 Å². The first-order chi connectivity index (χ1) is 20.4. The van der Waals surface area contributed by atoms with Crippen molar-refractivity contribution >= 4 is 38.3 Å². The van der Waals surface area contributed by atoms with Crippen molar-refractivity contribution in [1.29, 1.82) is 5.26 Å². The van der Waals surface area contributed by atoms with Gasteiger partial charge in [0, 0.05) is 71.7 Å². The fourth-order valence-corrected chi connectivity index (χ4v) is 7.71. The van der Waals surface area contributed by atoms with Gasteiger partial charge in [0.05, 0.1) is 30.8 Å². The van der Waals surface area contributed by atoms with Crippen LogP contribution in [-0.2, 0) is 19.5 Å². The number of thiophene rings is 1. The number of rotatable bonds is 8. The van der Waals surface area contributed by atoms with E-state index in [1.807, 2.05) is 29.0 Å². The second-order valence-corrected chi connectivity index (χ2v) is 12.5. The first-order valence-electron chi connectivity index (χ1n) is 14.0. The summed E-state index contributed by atoms with van der Waals surface area (Å²) >= 11 is 1.33. The number of aromatic nitrogens is 5. The Labute approximate surface area is 245 Å². The summed E-state index contributed by atoms with van der Waals surface area (Å²) in [7, 11) is 1.69. The highest BCUT2D eigenvalue weighted by Gasteiger charge is 2.44. The maximum absolute atomic E-state index is 13.0. The number of benzene rings is 1. The number of methoxy groups -OCH3 is 1. The van der Waals surface area contributed by atoms with Crippen LogP contribution in [0.2, 0.25) is 0 Å². The lowest BCUT2D eigenvalue weighted by Crippen LogP contribution is -2.31. The van der Waals surface area contributed by atoms with E-state index >= 15 is 0 Å². The Morgan fingerprint density at radius 2 is 2.02 bits per heavy atom. The molecule has 42 heavy (non-hydrogen) atoms. The highest BCUT2D eigenvalue weighted by atomic mass is 32.1. The van der Waals surface area contributed by atoms with Gasteiger partial charge in [-0.3, -0.25) is 10.00 Å². The van der Waals surface area contributed by atoms with E-state index in [2.05, 4.69) is 42.1 Å². The number of nitrogens with one attached hydrogen (secondary N) is 1. The molecular formula is C30H30F2N8OS. The van der Waals surface area contributed by atoms with Crippen LogP contribution >= 0.6 is 11.3 Å². The van der Waals surface area contributed by atoms with Crippen LogP contribution < -0.4 is 9.64 Å². The van der Waals surface area contributed by atoms with Crippen molar-refractivity contribution in [3.05, 3.63) is 64.7 Å². The molecule has 0 aliphatic carbocycles. The maximum atomic E-state index is 13.0. The number of H-pyrrole nitrogens is 1. The van der Waals surface area contributed by atoms with Gasteiger partial charge in [0.2, 0.25) is 6.43 Å². The average Bonchev–Trinajstić information content (AvgIpc) is 3.81. The lowest BCUT2D eigenvalue weighted by molar-refractivity contribution is 0.150. The number of fused-ring (bicyclic) bond motifs is 2. The largest absolute Gasteiger partial charge is 0.496 e. The number of anilines is 1. The second kappa shape index (κ2) is 10.6. The zero-order chi connectivity index (χ0) is 28.8. The topological polar surface area (TPSA) is 98.9 Å². The molecule has 6 heterocycles. The van der Waals surface area contributed by atoms with Crippen molar-refractivity contribution in [2.45, 2.75) is 38.8 Å². The third-order valence-corrected chi connectivity index (χ3v) is 9.74. The average molecular weight is 589 g/mol. The quantitative estimate of drug-likeness (QED) is 0.266. The van der Waals surface area contributed by atoms with Crippen molar-refractivity contribution in [2.24, 2.45) is 5.41 Å². The van der Waals surface area contributed by atoms with E-state index in [4.69, 9.17) is 4.74 Å². The van der Waals surface area contributed by atoms with E-state index in [-0.39, 0.29) is 11.8 Å². The van der Waals surface area contributed by atoms with Gasteiger partial charge in [-0.25, -0.2) is 18.7 Å². The van der Waals surface area contributed by atoms with Crippen LogP contribution in [0.25, 0.3) is 21.1 Å². The van der Waals surface area contributed by atoms with E-state index in [9.17, 15) is 14.0 Å².